The number of nitrogens with zero attached hydrogens (tertiary/aromatic N) is 1. The van der Waals surface area contributed by atoms with Crippen LogP contribution in [0.15, 0.2) is 53.4 Å². The zero-order valence-corrected chi connectivity index (χ0v) is 14.3. The van der Waals surface area contributed by atoms with Gasteiger partial charge in [-0.05, 0) is 18.2 Å². The molecule has 0 aliphatic carbocycles. The summed E-state index contributed by atoms with van der Waals surface area (Å²) in [7, 11) is 0. The number of carboxylic acids is 1. The Morgan fingerprint density at radius 2 is 1.70 bits per heavy atom. The third-order valence-corrected chi connectivity index (χ3v) is 5.19. The normalized spacial score (nSPS) is 17.4. The number of aromatic carboxylic acids is 1. The maximum Gasteiger partial charge on any atom is 0.418 e. The predicted molar refractivity (Wildman–Crippen MR) is 89.0 cm³/mol. The molecule has 1 fully saturated rings. The fourth-order valence-corrected chi connectivity index (χ4v) is 3.92. The number of benzene rings is 2. The van der Waals surface area contributed by atoms with E-state index in [1.54, 1.807) is 6.07 Å². The van der Waals surface area contributed by atoms with Gasteiger partial charge in [-0.25, -0.2) is 4.90 Å². The van der Waals surface area contributed by atoms with Crippen molar-refractivity contribution < 1.29 is 32.7 Å². The third kappa shape index (κ3) is 3.68. The molecule has 3 rings (SSSR count). The van der Waals surface area contributed by atoms with E-state index in [2.05, 4.69) is 0 Å². The Bertz CT molecular complexity index is 929. The molecule has 1 aliphatic heterocycles. The molecule has 27 heavy (non-hydrogen) atoms. The zero-order chi connectivity index (χ0) is 19.8. The largest absolute Gasteiger partial charge is 0.545 e. The Balaban J connectivity index is 1.93. The minimum absolute atomic E-state index is 0.156. The molecule has 0 unspecified atom stereocenters. The van der Waals surface area contributed by atoms with Gasteiger partial charge < -0.3 is 9.90 Å². The van der Waals surface area contributed by atoms with Crippen LogP contribution in [-0.4, -0.2) is 23.0 Å². The van der Waals surface area contributed by atoms with Gasteiger partial charge in [0.2, 0.25) is 11.8 Å². The molecule has 0 radical (unpaired) electrons. The monoisotopic (exact) mass is 394 g/mol. The van der Waals surface area contributed by atoms with Crippen molar-refractivity contribution >= 4 is 35.2 Å². The number of alkyl halides is 3. The highest BCUT2D eigenvalue weighted by Crippen LogP contribution is 2.40. The highest BCUT2D eigenvalue weighted by atomic mass is 32.2. The summed E-state index contributed by atoms with van der Waals surface area (Å²) in [4.78, 5) is 36.8. The van der Waals surface area contributed by atoms with E-state index >= 15 is 0 Å². The van der Waals surface area contributed by atoms with Crippen LogP contribution in [0.1, 0.15) is 22.3 Å². The lowest BCUT2D eigenvalue weighted by Gasteiger charge is -2.20. The van der Waals surface area contributed by atoms with Gasteiger partial charge in [0, 0.05) is 16.9 Å². The van der Waals surface area contributed by atoms with Gasteiger partial charge in [-0.2, -0.15) is 13.2 Å². The molecular formula is C18H11F3NO4S-. The van der Waals surface area contributed by atoms with Crippen molar-refractivity contribution in [2.45, 2.75) is 22.7 Å². The molecular weight excluding hydrogens is 383 g/mol. The number of carbonyl (C=O) groups is 3. The maximum absolute atomic E-state index is 13.2. The number of carbonyl (C=O) groups excluding carboxylic acids is 3. The van der Waals surface area contributed by atoms with E-state index in [9.17, 15) is 32.7 Å². The van der Waals surface area contributed by atoms with Crippen molar-refractivity contribution in [3.05, 3.63) is 59.7 Å². The summed E-state index contributed by atoms with van der Waals surface area (Å²) in [6.45, 7) is 0. The predicted octanol–water partition coefficient (Wildman–Crippen LogP) is 2.49. The van der Waals surface area contributed by atoms with Crippen molar-refractivity contribution in [1.29, 1.82) is 0 Å². The van der Waals surface area contributed by atoms with Crippen LogP contribution >= 0.6 is 11.8 Å². The van der Waals surface area contributed by atoms with Crippen molar-refractivity contribution in [3.8, 4) is 0 Å². The minimum atomic E-state index is -4.73. The highest BCUT2D eigenvalue weighted by molar-refractivity contribution is 8.00. The number of imide groups is 1. The lowest BCUT2D eigenvalue weighted by atomic mass is 10.1. The number of amides is 2. The molecule has 0 bridgehead atoms. The lowest BCUT2D eigenvalue weighted by Crippen LogP contribution is -2.33. The van der Waals surface area contributed by atoms with Gasteiger partial charge in [-0.3, -0.25) is 9.59 Å². The minimum Gasteiger partial charge on any atom is -0.545 e. The number of rotatable bonds is 4. The first-order chi connectivity index (χ1) is 12.7. The van der Waals surface area contributed by atoms with Crippen molar-refractivity contribution in [2.75, 3.05) is 4.90 Å². The SMILES string of the molecule is O=C([O-])c1ccccc1S[C@H]1CC(=O)N(c2ccccc2C(F)(F)F)C1=O. The van der Waals surface area contributed by atoms with Crippen LogP contribution < -0.4 is 10.0 Å². The van der Waals surface area contributed by atoms with Crippen molar-refractivity contribution in [3.63, 3.8) is 0 Å². The van der Waals surface area contributed by atoms with Crippen molar-refractivity contribution in [1.82, 2.24) is 0 Å². The van der Waals surface area contributed by atoms with E-state index < -0.39 is 40.5 Å². The van der Waals surface area contributed by atoms with Crippen LogP contribution in [0.25, 0.3) is 0 Å². The number of para-hydroxylation sites is 1. The first-order valence-electron chi connectivity index (χ1n) is 7.70. The van der Waals surface area contributed by atoms with E-state index in [0.717, 1.165) is 23.9 Å². The van der Waals surface area contributed by atoms with Gasteiger partial charge in [0.05, 0.1) is 22.5 Å². The second-order valence-electron chi connectivity index (χ2n) is 5.68. The molecule has 1 aliphatic rings. The molecule has 0 spiro atoms. The number of thioether (sulfide) groups is 1. The Kier molecular flexibility index (Phi) is 4.97. The smallest absolute Gasteiger partial charge is 0.418 e. The molecule has 1 atom stereocenters. The second-order valence-corrected chi connectivity index (χ2v) is 6.92. The average molecular weight is 394 g/mol. The Morgan fingerprint density at radius 1 is 1.07 bits per heavy atom. The molecule has 9 heteroatoms. The lowest BCUT2D eigenvalue weighted by molar-refractivity contribution is -0.255. The molecule has 2 aromatic rings. The molecule has 2 amide bonds. The molecule has 0 N–H and O–H groups in total. The third-order valence-electron chi connectivity index (χ3n) is 3.93. The number of carboxylic acid groups (broad SMARTS) is 1. The van der Waals surface area contributed by atoms with E-state index in [1.807, 2.05) is 0 Å². The molecule has 2 aromatic carbocycles. The van der Waals surface area contributed by atoms with Crippen LogP contribution in [-0.2, 0) is 15.8 Å². The van der Waals surface area contributed by atoms with Gasteiger partial charge >= 0.3 is 6.18 Å². The Morgan fingerprint density at radius 3 is 2.37 bits per heavy atom. The summed E-state index contributed by atoms with van der Waals surface area (Å²) >= 11 is 0.816. The van der Waals surface area contributed by atoms with Crippen LogP contribution in [0, 0.1) is 0 Å². The number of anilines is 1. The van der Waals surface area contributed by atoms with Gasteiger partial charge in [0.1, 0.15) is 0 Å². The van der Waals surface area contributed by atoms with Gasteiger partial charge in [0.15, 0.2) is 0 Å². The van der Waals surface area contributed by atoms with Gasteiger partial charge in [-0.15, -0.1) is 11.8 Å². The topological polar surface area (TPSA) is 77.5 Å². The van der Waals surface area contributed by atoms with E-state index in [0.29, 0.717) is 4.90 Å². The first-order valence-corrected chi connectivity index (χ1v) is 8.58. The summed E-state index contributed by atoms with van der Waals surface area (Å²) in [5.41, 5.74) is -1.78. The highest BCUT2D eigenvalue weighted by Gasteiger charge is 2.44. The number of hydrogen-bond donors (Lipinski definition) is 0. The summed E-state index contributed by atoms with van der Waals surface area (Å²) in [6.07, 6.45) is -5.07. The van der Waals surface area contributed by atoms with Crippen LogP contribution in [0.3, 0.4) is 0 Å². The van der Waals surface area contributed by atoms with Gasteiger partial charge in [-0.1, -0.05) is 30.3 Å². The Hall–Kier alpha value is -2.81. The molecule has 0 saturated carbocycles. The summed E-state index contributed by atoms with van der Waals surface area (Å²) in [6, 6.07) is 10.1. The van der Waals surface area contributed by atoms with Crippen molar-refractivity contribution in [2.24, 2.45) is 0 Å². The van der Waals surface area contributed by atoms with E-state index in [1.165, 1.54) is 30.3 Å². The average Bonchev–Trinajstić information content (AvgIpc) is 2.88. The maximum atomic E-state index is 13.2. The molecule has 1 saturated heterocycles. The molecule has 0 aromatic heterocycles. The fourth-order valence-electron chi connectivity index (χ4n) is 2.75. The van der Waals surface area contributed by atoms with E-state index in [-0.39, 0.29) is 16.9 Å². The van der Waals surface area contributed by atoms with Crippen LogP contribution in [0.5, 0.6) is 0 Å². The first kappa shape index (κ1) is 19.0. The zero-order valence-electron chi connectivity index (χ0n) is 13.5. The number of halogens is 3. The quantitative estimate of drug-likeness (QED) is 0.745. The van der Waals surface area contributed by atoms with Crippen LogP contribution in [0.2, 0.25) is 0 Å². The van der Waals surface area contributed by atoms with Crippen LogP contribution in [0.4, 0.5) is 18.9 Å². The summed E-state index contributed by atoms with van der Waals surface area (Å²) in [5.74, 6) is -3.05. The van der Waals surface area contributed by atoms with E-state index in [4.69, 9.17) is 0 Å². The molecule has 140 valence electrons. The molecule has 1 heterocycles. The molecule has 5 nitrogen and oxygen atoms in total. The second kappa shape index (κ2) is 7.07. The standard InChI is InChI=1S/C18H12F3NO4S/c19-18(20,21)11-6-2-3-7-12(11)22-15(23)9-14(16(22)24)27-13-8-4-1-5-10(13)17(25)26/h1-8,14H,9H2,(H,25,26)/p-1/t14-/m0/s1. The summed E-state index contributed by atoms with van der Waals surface area (Å²) in [5, 5.41) is 10.1. The Labute approximate surface area is 155 Å². The van der Waals surface area contributed by atoms with Gasteiger partial charge in [0.25, 0.3) is 0 Å². The summed E-state index contributed by atoms with van der Waals surface area (Å²) < 4.78 is 39.6. The fraction of sp³-hybridized carbons (Fsp3) is 0.167. The number of hydrogen-bond acceptors (Lipinski definition) is 5.